The molecule has 0 radical (unpaired) electrons. The Morgan fingerprint density at radius 3 is 2.47 bits per heavy atom. The summed E-state index contributed by atoms with van der Waals surface area (Å²) in [6, 6.07) is 0.633. The Hall–Kier alpha value is 0.120. The molecule has 0 aromatic rings. The lowest BCUT2D eigenvalue weighted by molar-refractivity contribution is -0.135. The molecule has 0 saturated carbocycles. The quantitative estimate of drug-likeness (QED) is 0.522. The summed E-state index contributed by atoms with van der Waals surface area (Å²) in [5.41, 5.74) is 0. The molecule has 2 heterocycles. The number of piperidine rings is 1. The number of piperazine rings is 1. The maximum atomic E-state index is 11.6. The van der Waals surface area contributed by atoms with Crippen molar-refractivity contribution in [2.75, 3.05) is 39.8 Å². The molecule has 4 nitrogen and oxygen atoms in total. The van der Waals surface area contributed by atoms with Crippen LogP contribution in [0.25, 0.3) is 0 Å². The van der Waals surface area contributed by atoms with Crippen molar-refractivity contribution in [1.82, 2.24) is 12.9 Å². The van der Waals surface area contributed by atoms with Gasteiger partial charge in [-0.3, -0.25) is 9.69 Å². The first-order valence-electron chi connectivity index (χ1n) is 5.55. The number of likely N-dealkylation sites (N-methyl/N-ethyl adjacent to an activating group) is 1. The molecule has 0 aromatic carbocycles. The molecular formula is C10H18IN3O. The molecule has 15 heavy (non-hydrogen) atoms. The van der Waals surface area contributed by atoms with Crippen LogP contribution in [0, 0.1) is 0 Å². The minimum atomic E-state index is 0.276. The van der Waals surface area contributed by atoms with E-state index in [2.05, 4.69) is 30.9 Å². The summed E-state index contributed by atoms with van der Waals surface area (Å²) in [4.78, 5) is 15.8. The van der Waals surface area contributed by atoms with Crippen LogP contribution < -0.4 is 0 Å². The van der Waals surface area contributed by atoms with Gasteiger partial charge in [0.25, 0.3) is 0 Å². The van der Waals surface area contributed by atoms with Crippen molar-refractivity contribution in [1.29, 1.82) is 0 Å². The first kappa shape index (κ1) is 11.6. The highest BCUT2D eigenvalue weighted by molar-refractivity contribution is 14.1. The second-order valence-corrected chi connectivity index (χ2v) is 5.79. The van der Waals surface area contributed by atoms with Gasteiger partial charge >= 0.3 is 0 Å². The van der Waals surface area contributed by atoms with Gasteiger partial charge in [-0.1, -0.05) is 0 Å². The van der Waals surface area contributed by atoms with E-state index in [9.17, 15) is 4.79 Å². The number of carbonyl (C=O) groups excluding carboxylic acids is 1. The molecular weight excluding hydrogens is 305 g/mol. The number of halogens is 1. The van der Waals surface area contributed by atoms with E-state index in [1.165, 1.54) is 12.8 Å². The third-order valence-electron chi connectivity index (χ3n) is 3.41. The van der Waals surface area contributed by atoms with E-state index in [1.54, 1.807) is 0 Å². The molecule has 0 atom stereocenters. The zero-order valence-corrected chi connectivity index (χ0v) is 11.3. The van der Waals surface area contributed by atoms with Crippen LogP contribution in [0.1, 0.15) is 12.8 Å². The van der Waals surface area contributed by atoms with E-state index in [-0.39, 0.29) is 5.91 Å². The molecule has 2 rings (SSSR count). The molecule has 0 N–H and O–H groups in total. The third kappa shape index (κ3) is 2.82. The maximum absolute atomic E-state index is 11.6. The topological polar surface area (TPSA) is 26.8 Å². The predicted molar refractivity (Wildman–Crippen MR) is 67.8 cm³/mol. The van der Waals surface area contributed by atoms with Gasteiger partial charge in [-0.25, -0.2) is 3.11 Å². The van der Waals surface area contributed by atoms with Crippen molar-refractivity contribution in [3.05, 3.63) is 0 Å². The fourth-order valence-electron chi connectivity index (χ4n) is 2.29. The molecule has 0 unspecified atom stereocenters. The van der Waals surface area contributed by atoms with Crippen molar-refractivity contribution in [2.45, 2.75) is 18.9 Å². The summed E-state index contributed by atoms with van der Waals surface area (Å²) in [7, 11) is 1.90. The average Bonchev–Trinajstić information content (AvgIpc) is 2.23. The molecule has 0 aromatic heterocycles. The molecule has 0 aliphatic carbocycles. The summed E-state index contributed by atoms with van der Waals surface area (Å²) in [6.45, 7) is 4.89. The van der Waals surface area contributed by atoms with Crippen LogP contribution in [0.15, 0.2) is 0 Å². The van der Waals surface area contributed by atoms with Gasteiger partial charge in [-0.15, -0.1) is 0 Å². The van der Waals surface area contributed by atoms with Crippen molar-refractivity contribution in [3.63, 3.8) is 0 Å². The number of rotatable bonds is 1. The van der Waals surface area contributed by atoms with Crippen molar-refractivity contribution < 1.29 is 4.79 Å². The summed E-state index contributed by atoms with van der Waals surface area (Å²) >= 11 is 2.38. The fraction of sp³-hybridized carbons (Fsp3) is 0.900. The fourth-order valence-corrected chi connectivity index (χ4v) is 2.84. The van der Waals surface area contributed by atoms with Crippen LogP contribution in [0.4, 0.5) is 0 Å². The maximum Gasteiger partial charge on any atom is 0.236 e. The van der Waals surface area contributed by atoms with Gasteiger partial charge in [0, 0.05) is 62.1 Å². The van der Waals surface area contributed by atoms with Crippen LogP contribution in [0.5, 0.6) is 0 Å². The van der Waals surface area contributed by atoms with Gasteiger partial charge in [-0.2, -0.15) is 0 Å². The van der Waals surface area contributed by atoms with Gasteiger partial charge in [0.2, 0.25) is 5.91 Å². The lowest BCUT2D eigenvalue weighted by Crippen LogP contribution is -2.54. The van der Waals surface area contributed by atoms with Crippen molar-refractivity contribution >= 4 is 28.8 Å². The summed E-state index contributed by atoms with van der Waals surface area (Å²) < 4.78 is 2.34. The highest BCUT2D eigenvalue weighted by atomic mass is 127. The largest absolute Gasteiger partial charge is 0.343 e. The standard InChI is InChI=1S/C10H18IN3O/c1-12-6-7-13(8-10(12)15)9-2-4-14(11)5-3-9/h9H,2-8H2,1H3. The van der Waals surface area contributed by atoms with Gasteiger partial charge < -0.3 is 4.90 Å². The van der Waals surface area contributed by atoms with Crippen LogP contribution in [-0.2, 0) is 4.79 Å². The Balaban J connectivity index is 1.86. The monoisotopic (exact) mass is 323 g/mol. The molecule has 2 saturated heterocycles. The van der Waals surface area contributed by atoms with E-state index in [4.69, 9.17) is 0 Å². The Kier molecular flexibility index (Phi) is 3.84. The number of carbonyl (C=O) groups is 1. The minimum absolute atomic E-state index is 0.276. The normalized spacial score (nSPS) is 27.3. The van der Waals surface area contributed by atoms with E-state index < -0.39 is 0 Å². The Morgan fingerprint density at radius 2 is 1.87 bits per heavy atom. The number of hydrogen-bond acceptors (Lipinski definition) is 3. The lowest BCUT2D eigenvalue weighted by atomic mass is 10.0. The molecule has 0 spiro atoms. The number of amides is 1. The molecule has 1 amide bonds. The molecule has 5 heteroatoms. The zero-order valence-electron chi connectivity index (χ0n) is 9.15. The summed E-state index contributed by atoms with van der Waals surface area (Å²) in [5.74, 6) is 0.276. The third-order valence-corrected chi connectivity index (χ3v) is 4.38. The SMILES string of the molecule is CN1CCN(C2CCN(I)CC2)CC1=O. The molecule has 86 valence electrons. The Labute approximate surface area is 105 Å². The van der Waals surface area contributed by atoms with Crippen LogP contribution in [-0.4, -0.2) is 64.6 Å². The zero-order chi connectivity index (χ0) is 10.8. The first-order chi connectivity index (χ1) is 7.16. The van der Waals surface area contributed by atoms with E-state index >= 15 is 0 Å². The average molecular weight is 323 g/mol. The highest BCUT2D eigenvalue weighted by Gasteiger charge is 2.29. The van der Waals surface area contributed by atoms with E-state index in [1.807, 2.05) is 11.9 Å². The lowest BCUT2D eigenvalue weighted by Gasteiger charge is -2.40. The molecule has 2 aliphatic heterocycles. The molecule has 0 bridgehead atoms. The highest BCUT2D eigenvalue weighted by Crippen LogP contribution is 2.20. The number of nitrogens with zero attached hydrogens (tertiary/aromatic N) is 3. The number of hydrogen-bond donors (Lipinski definition) is 0. The molecule has 2 fully saturated rings. The van der Waals surface area contributed by atoms with Crippen molar-refractivity contribution in [2.24, 2.45) is 0 Å². The van der Waals surface area contributed by atoms with E-state index in [0.717, 1.165) is 26.2 Å². The summed E-state index contributed by atoms with van der Waals surface area (Å²) in [6.07, 6.45) is 2.42. The van der Waals surface area contributed by atoms with Crippen LogP contribution in [0.2, 0.25) is 0 Å². The van der Waals surface area contributed by atoms with Gasteiger partial charge in [0.15, 0.2) is 0 Å². The summed E-state index contributed by atoms with van der Waals surface area (Å²) in [5, 5.41) is 0. The van der Waals surface area contributed by atoms with Crippen LogP contribution >= 0.6 is 22.9 Å². The Bertz CT molecular complexity index is 241. The first-order valence-corrected chi connectivity index (χ1v) is 6.52. The van der Waals surface area contributed by atoms with Gasteiger partial charge in [0.05, 0.1) is 6.54 Å². The Morgan fingerprint density at radius 1 is 1.20 bits per heavy atom. The minimum Gasteiger partial charge on any atom is -0.343 e. The second kappa shape index (κ2) is 4.97. The smallest absolute Gasteiger partial charge is 0.236 e. The molecule has 2 aliphatic rings. The van der Waals surface area contributed by atoms with Gasteiger partial charge in [-0.05, 0) is 12.8 Å². The van der Waals surface area contributed by atoms with Gasteiger partial charge in [0.1, 0.15) is 0 Å². The van der Waals surface area contributed by atoms with Crippen LogP contribution in [0.3, 0.4) is 0 Å². The van der Waals surface area contributed by atoms with Crippen molar-refractivity contribution in [3.8, 4) is 0 Å². The van der Waals surface area contributed by atoms with E-state index in [0.29, 0.717) is 12.6 Å². The predicted octanol–water partition coefficient (Wildman–Crippen LogP) is 0.575. The second-order valence-electron chi connectivity index (χ2n) is 4.43.